The number of carbonyl (C=O) groups excluding carboxylic acids is 1. The maximum Gasteiger partial charge on any atom is 0.412 e. The number of benzene rings is 1. The molecule has 1 amide bonds. The highest BCUT2D eigenvalue weighted by atomic mass is 35.5. The number of ether oxygens (including phenoxy) is 1. The van der Waals surface area contributed by atoms with Crippen molar-refractivity contribution in [2.24, 2.45) is 0 Å². The number of halogens is 3. The van der Waals surface area contributed by atoms with Gasteiger partial charge in [-0.3, -0.25) is 0 Å². The van der Waals surface area contributed by atoms with Crippen LogP contribution in [0.3, 0.4) is 0 Å². The van der Waals surface area contributed by atoms with Crippen molar-refractivity contribution >= 4 is 39.5 Å². The molecule has 1 rings (SSSR count). The van der Waals surface area contributed by atoms with Crippen LogP contribution in [0.25, 0.3) is 0 Å². The molecule has 1 aromatic rings. The molecular weight excluding hydrogens is 308 g/mol. The van der Waals surface area contributed by atoms with E-state index in [1.165, 1.54) is 0 Å². The van der Waals surface area contributed by atoms with Crippen LogP contribution >= 0.6 is 23.2 Å². The van der Waals surface area contributed by atoms with Crippen molar-refractivity contribution in [2.45, 2.75) is 11.8 Å². The summed E-state index contributed by atoms with van der Waals surface area (Å²) in [5.41, 5.74) is 0. The Bertz CT molecular complexity index is 553. The molecule has 0 bridgehead atoms. The first-order valence-electron chi connectivity index (χ1n) is 4.65. The van der Waals surface area contributed by atoms with E-state index in [1.807, 2.05) is 0 Å². The van der Waals surface area contributed by atoms with Crippen LogP contribution in [0, 0.1) is 0 Å². The van der Waals surface area contributed by atoms with Crippen LogP contribution in [0.15, 0.2) is 17.0 Å². The zero-order valence-corrected chi connectivity index (χ0v) is 11.4. The molecule has 0 fully saturated rings. The Labute approximate surface area is 113 Å². The van der Waals surface area contributed by atoms with Crippen molar-refractivity contribution in [1.82, 2.24) is 5.32 Å². The minimum Gasteiger partial charge on any atom is -0.407 e. The van der Waals surface area contributed by atoms with E-state index in [1.54, 1.807) is 6.92 Å². The molecule has 0 saturated carbocycles. The molecule has 1 aromatic carbocycles. The number of carbonyl (C=O) groups is 1. The molecule has 0 radical (unpaired) electrons. The van der Waals surface area contributed by atoms with Crippen molar-refractivity contribution in [2.75, 3.05) is 6.54 Å². The van der Waals surface area contributed by atoms with Gasteiger partial charge in [-0.15, -0.1) is 3.89 Å². The number of amides is 1. The molecule has 0 aliphatic carbocycles. The highest BCUT2D eigenvalue weighted by Crippen LogP contribution is 2.36. The Balaban J connectivity index is 3.13. The molecule has 18 heavy (non-hydrogen) atoms. The summed E-state index contributed by atoms with van der Waals surface area (Å²) in [5, 5.41) is 1.75. The van der Waals surface area contributed by atoms with E-state index in [-0.39, 0.29) is 15.8 Å². The van der Waals surface area contributed by atoms with E-state index >= 15 is 0 Å². The van der Waals surface area contributed by atoms with Crippen molar-refractivity contribution in [3.63, 3.8) is 0 Å². The standard InChI is InChI=1S/C9H8Cl2FNO4S/c1-2-13-9(14)17-8-6(10)3-5(4-7(8)11)18(12,15)16/h3-4H,2H2,1H3,(H,13,14). The van der Waals surface area contributed by atoms with Gasteiger partial charge in [0.2, 0.25) is 0 Å². The lowest BCUT2D eigenvalue weighted by Crippen LogP contribution is -2.26. The van der Waals surface area contributed by atoms with Crippen LogP contribution in [0.2, 0.25) is 10.0 Å². The SMILES string of the molecule is CCNC(=O)Oc1c(Cl)cc(S(=O)(=O)F)cc1Cl. The second-order valence-electron chi connectivity index (χ2n) is 3.07. The van der Waals surface area contributed by atoms with Gasteiger partial charge in [0.15, 0.2) is 5.75 Å². The predicted molar refractivity (Wildman–Crippen MR) is 64.5 cm³/mol. The molecule has 0 heterocycles. The highest BCUT2D eigenvalue weighted by molar-refractivity contribution is 7.86. The van der Waals surface area contributed by atoms with Gasteiger partial charge in [0.05, 0.1) is 10.0 Å². The Hall–Kier alpha value is -1.05. The van der Waals surface area contributed by atoms with Gasteiger partial charge < -0.3 is 10.1 Å². The van der Waals surface area contributed by atoms with E-state index in [4.69, 9.17) is 27.9 Å². The van der Waals surface area contributed by atoms with E-state index in [9.17, 15) is 17.1 Å². The van der Waals surface area contributed by atoms with Crippen LogP contribution in [-0.4, -0.2) is 21.1 Å². The predicted octanol–water partition coefficient (Wildman–Crippen LogP) is 2.76. The monoisotopic (exact) mass is 315 g/mol. The fraction of sp³-hybridized carbons (Fsp3) is 0.222. The molecule has 1 N–H and O–H groups in total. The van der Waals surface area contributed by atoms with E-state index in [0.717, 1.165) is 12.1 Å². The van der Waals surface area contributed by atoms with Crippen molar-refractivity contribution < 1.29 is 21.8 Å². The van der Waals surface area contributed by atoms with Gasteiger partial charge in [0.1, 0.15) is 4.90 Å². The summed E-state index contributed by atoms with van der Waals surface area (Å²) in [6.45, 7) is 1.99. The third-order valence-electron chi connectivity index (χ3n) is 1.77. The third kappa shape index (κ3) is 3.72. The first kappa shape index (κ1) is 15.0. The number of nitrogens with one attached hydrogen (secondary N) is 1. The van der Waals surface area contributed by atoms with Crippen LogP contribution in [-0.2, 0) is 10.2 Å². The molecule has 0 unspecified atom stereocenters. The quantitative estimate of drug-likeness (QED) is 0.870. The third-order valence-corrected chi connectivity index (χ3v) is 3.13. The van der Waals surface area contributed by atoms with Gasteiger partial charge in [-0.05, 0) is 19.1 Å². The topological polar surface area (TPSA) is 72.5 Å². The lowest BCUT2D eigenvalue weighted by Gasteiger charge is -2.09. The molecule has 100 valence electrons. The van der Waals surface area contributed by atoms with Gasteiger partial charge in [0, 0.05) is 6.54 Å². The average molecular weight is 316 g/mol. The van der Waals surface area contributed by atoms with Crippen molar-refractivity contribution in [1.29, 1.82) is 0 Å². The summed E-state index contributed by atoms with van der Waals surface area (Å²) in [4.78, 5) is 10.4. The maximum atomic E-state index is 12.7. The Morgan fingerprint density at radius 1 is 1.39 bits per heavy atom. The molecule has 0 atom stereocenters. The average Bonchev–Trinajstić information content (AvgIpc) is 2.22. The molecule has 0 saturated heterocycles. The molecule has 0 spiro atoms. The molecule has 5 nitrogen and oxygen atoms in total. The largest absolute Gasteiger partial charge is 0.412 e. The minimum absolute atomic E-state index is 0.239. The Kier molecular flexibility index (Phi) is 4.78. The van der Waals surface area contributed by atoms with Gasteiger partial charge >= 0.3 is 16.3 Å². The number of hydrogen-bond donors (Lipinski definition) is 1. The second kappa shape index (κ2) is 5.73. The van der Waals surface area contributed by atoms with Crippen molar-refractivity contribution in [3.05, 3.63) is 22.2 Å². The Morgan fingerprint density at radius 2 is 1.89 bits per heavy atom. The first-order valence-corrected chi connectivity index (χ1v) is 6.79. The van der Waals surface area contributed by atoms with Gasteiger partial charge in [-0.25, -0.2) is 4.79 Å². The first-order chi connectivity index (χ1) is 8.25. The van der Waals surface area contributed by atoms with Crippen LogP contribution in [0.1, 0.15) is 6.92 Å². The minimum atomic E-state index is -4.93. The summed E-state index contributed by atoms with van der Waals surface area (Å²) >= 11 is 11.3. The summed E-state index contributed by atoms with van der Waals surface area (Å²) < 4.78 is 38.8. The molecule has 0 aliphatic heterocycles. The zero-order chi connectivity index (χ0) is 13.9. The molecule has 9 heteroatoms. The van der Waals surface area contributed by atoms with Crippen LogP contribution in [0.4, 0.5) is 8.68 Å². The number of hydrogen-bond acceptors (Lipinski definition) is 4. The summed E-state index contributed by atoms with van der Waals surface area (Å²) in [6, 6.07) is 1.61. The van der Waals surface area contributed by atoms with Crippen molar-refractivity contribution in [3.8, 4) is 5.75 Å². The highest BCUT2D eigenvalue weighted by Gasteiger charge is 2.19. The summed E-state index contributed by atoms with van der Waals surface area (Å²) in [6.07, 6.45) is -0.808. The maximum absolute atomic E-state index is 12.7. The second-order valence-corrected chi connectivity index (χ2v) is 5.24. The zero-order valence-electron chi connectivity index (χ0n) is 9.04. The molecular formula is C9H8Cl2FNO4S. The summed E-state index contributed by atoms with van der Waals surface area (Å²) in [7, 11) is -4.93. The normalized spacial score (nSPS) is 11.1. The van der Waals surface area contributed by atoms with Gasteiger partial charge in [0.25, 0.3) is 0 Å². The van der Waals surface area contributed by atoms with E-state index < -0.39 is 21.2 Å². The lowest BCUT2D eigenvalue weighted by atomic mass is 10.3. The Morgan fingerprint density at radius 3 is 2.28 bits per heavy atom. The van der Waals surface area contributed by atoms with E-state index in [2.05, 4.69) is 5.32 Å². The molecule has 0 aliphatic rings. The van der Waals surface area contributed by atoms with Gasteiger partial charge in [-0.2, -0.15) is 8.42 Å². The smallest absolute Gasteiger partial charge is 0.407 e. The van der Waals surface area contributed by atoms with Gasteiger partial charge in [-0.1, -0.05) is 23.2 Å². The van der Waals surface area contributed by atoms with Crippen LogP contribution in [0.5, 0.6) is 5.75 Å². The molecule has 0 aromatic heterocycles. The fourth-order valence-electron chi connectivity index (χ4n) is 1.05. The van der Waals surface area contributed by atoms with E-state index in [0.29, 0.717) is 6.54 Å². The lowest BCUT2D eigenvalue weighted by molar-refractivity contribution is 0.201. The van der Waals surface area contributed by atoms with Crippen LogP contribution < -0.4 is 10.1 Å². The fourth-order valence-corrected chi connectivity index (χ4v) is 2.26. The number of rotatable bonds is 3. The summed E-state index contributed by atoms with van der Waals surface area (Å²) in [5.74, 6) is -0.239.